The molecule has 0 unspecified atom stereocenters. The van der Waals surface area contributed by atoms with Crippen LogP contribution in [0.1, 0.15) is 23.2 Å². The summed E-state index contributed by atoms with van der Waals surface area (Å²) in [4.78, 5) is 35.1. The van der Waals surface area contributed by atoms with Crippen molar-refractivity contribution in [3.8, 4) is 0 Å². The summed E-state index contributed by atoms with van der Waals surface area (Å²) in [5.41, 5.74) is -0.833. The summed E-state index contributed by atoms with van der Waals surface area (Å²) in [7, 11) is 0. The summed E-state index contributed by atoms with van der Waals surface area (Å²) in [5, 5.41) is 19.7. The van der Waals surface area contributed by atoms with Crippen LogP contribution in [-0.4, -0.2) is 59.0 Å². The van der Waals surface area contributed by atoms with Crippen molar-refractivity contribution < 1.29 is 33.4 Å². The van der Waals surface area contributed by atoms with Crippen molar-refractivity contribution in [2.24, 2.45) is 0 Å². The van der Waals surface area contributed by atoms with E-state index < -0.39 is 53.2 Å². The molecule has 0 heterocycles. The third kappa shape index (κ3) is 6.84. The van der Waals surface area contributed by atoms with Crippen LogP contribution in [0.2, 0.25) is 0 Å². The average Bonchev–Trinajstić information content (AvgIpc) is 2.57. The fourth-order valence-corrected chi connectivity index (χ4v) is 2.71. The zero-order valence-corrected chi connectivity index (χ0v) is 15.6. The third-order valence-corrected chi connectivity index (χ3v) is 3.89. The molecule has 0 aliphatic heterocycles. The number of anilines is 1. The summed E-state index contributed by atoms with van der Waals surface area (Å²) in [5.74, 6) is -5.61. The molecule has 11 heteroatoms. The van der Waals surface area contributed by atoms with E-state index in [1.54, 1.807) is 0 Å². The van der Waals surface area contributed by atoms with E-state index >= 15 is 0 Å². The molecule has 0 fully saturated rings. The maximum absolute atomic E-state index is 14.4. The van der Waals surface area contributed by atoms with E-state index in [1.807, 2.05) is 0 Å². The molecule has 1 rings (SSSR count). The number of rotatable bonds is 11. The first-order valence-corrected chi connectivity index (χ1v) is 8.89. The molecule has 0 spiro atoms. The minimum atomic E-state index is -1.51. The molecule has 7 nitrogen and oxygen atoms in total. The monoisotopic (exact) mass is 426 g/mol. The Bertz CT molecular complexity index is 676. The first-order chi connectivity index (χ1) is 12.7. The molecule has 0 saturated heterocycles. The Balaban J connectivity index is 3.04. The second kappa shape index (κ2) is 10.9. The van der Waals surface area contributed by atoms with Gasteiger partial charge in [-0.3, -0.25) is 9.59 Å². The van der Waals surface area contributed by atoms with E-state index in [0.29, 0.717) is 0 Å². The Morgan fingerprint density at radius 2 is 1.59 bits per heavy atom. The van der Waals surface area contributed by atoms with Gasteiger partial charge in [-0.25, -0.2) is 13.6 Å². The topological polar surface area (TPSA) is 107 Å². The average molecular weight is 427 g/mol. The molecule has 0 aliphatic carbocycles. The number of hydrogen-bond acceptors (Lipinski definition) is 4. The number of carbonyl (C=O) groups is 3. The maximum atomic E-state index is 14.4. The van der Waals surface area contributed by atoms with Gasteiger partial charge in [0.15, 0.2) is 0 Å². The van der Waals surface area contributed by atoms with Crippen LogP contribution in [0.15, 0.2) is 12.1 Å². The number of amides is 1. The third-order valence-electron chi connectivity index (χ3n) is 3.55. The van der Waals surface area contributed by atoms with Gasteiger partial charge in [0.05, 0.1) is 0 Å². The van der Waals surface area contributed by atoms with Crippen LogP contribution in [0.4, 0.5) is 14.5 Å². The number of carbonyl (C=O) groups excluding carboxylic acids is 1. The lowest BCUT2D eigenvalue weighted by Crippen LogP contribution is -2.41. The van der Waals surface area contributed by atoms with Gasteiger partial charge in [0.1, 0.15) is 23.4 Å². The van der Waals surface area contributed by atoms with E-state index in [9.17, 15) is 23.2 Å². The molecule has 0 radical (unpaired) electrons. The highest BCUT2D eigenvalue weighted by Crippen LogP contribution is 2.25. The number of carboxylic acids is 2. The van der Waals surface area contributed by atoms with Crippen LogP contribution in [-0.2, 0) is 9.59 Å². The van der Waals surface area contributed by atoms with Gasteiger partial charge in [0, 0.05) is 36.8 Å². The van der Waals surface area contributed by atoms with E-state index in [1.165, 1.54) is 4.90 Å². The Morgan fingerprint density at radius 3 is 2.00 bits per heavy atom. The number of hydrogen-bond donors (Lipinski definition) is 3. The van der Waals surface area contributed by atoms with Gasteiger partial charge in [-0.15, -0.1) is 23.2 Å². The second-order valence-electron chi connectivity index (χ2n) is 5.45. The number of alkyl halides is 2. The van der Waals surface area contributed by atoms with Crippen molar-refractivity contribution in [2.45, 2.75) is 18.9 Å². The molecule has 3 N–H and O–H groups in total. The molecule has 150 valence electrons. The summed E-state index contributed by atoms with van der Waals surface area (Å²) in [6.07, 6.45) is -0.872. The standard InChI is InChI=1S/C16H18Cl2F2N2O5/c17-3-5-22(6-4-18)14-10(19)7-9(8-11(14)20)15(25)21-12(16(26)27)1-2-13(23)24/h7-8,12H,1-6H2,(H,21,25)(H,23,24)(H,26,27)/t12-/m0/s1. The first kappa shape index (κ1) is 22.9. The predicted molar refractivity (Wildman–Crippen MR) is 95.8 cm³/mol. The highest BCUT2D eigenvalue weighted by Gasteiger charge is 2.24. The van der Waals surface area contributed by atoms with Crippen LogP contribution in [0.25, 0.3) is 0 Å². The van der Waals surface area contributed by atoms with E-state index in [0.717, 1.165) is 12.1 Å². The van der Waals surface area contributed by atoms with Gasteiger partial charge in [0.25, 0.3) is 5.91 Å². The zero-order chi connectivity index (χ0) is 20.6. The molecule has 0 saturated carbocycles. The summed E-state index contributed by atoms with van der Waals surface area (Å²) < 4.78 is 28.8. The number of aliphatic carboxylic acids is 2. The molecule has 1 aromatic rings. The number of halogens is 4. The largest absolute Gasteiger partial charge is 0.481 e. The smallest absolute Gasteiger partial charge is 0.326 e. The van der Waals surface area contributed by atoms with Gasteiger partial charge in [-0.2, -0.15) is 0 Å². The second-order valence-corrected chi connectivity index (χ2v) is 6.21. The van der Waals surface area contributed by atoms with Crippen LogP contribution >= 0.6 is 23.2 Å². The molecule has 0 aromatic heterocycles. The molecule has 27 heavy (non-hydrogen) atoms. The molecule has 1 amide bonds. The van der Waals surface area contributed by atoms with Gasteiger partial charge in [-0.05, 0) is 18.6 Å². The fraction of sp³-hybridized carbons (Fsp3) is 0.438. The molecule has 1 atom stereocenters. The van der Waals surface area contributed by atoms with E-state index in [-0.39, 0.29) is 31.3 Å². The molecule has 0 bridgehead atoms. The van der Waals surface area contributed by atoms with Crippen molar-refractivity contribution >= 4 is 46.7 Å². The lowest BCUT2D eigenvalue weighted by Gasteiger charge is -2.24. The number of nitrogens with zero attached hydrogens (tertiary/aromatic N) is 1. The predicted octanol–water partition coefficient (Wildman–Crippen LogP) is 2.30. The number of benzene rings is 1. The molecule has 1 aromatic carbocycles. The van der Waals surface area contributed by atoms with Crippen molar-refractivity contribution in [1.29, 1.82) is 0 Å². The van der Waals surface area contributed by atoms with Crippen LogP contribution < -0.4 is 10.2 Å². The minimum absolute atomic E-state index is 0.0991. The molecular formula is C16H18Cl2F2N2O5. The number of nitrogens with one attached hydrogen (secondary N) is 1. The van der Waals surface area contributed by atoms with Gasteiger partial charge < -0.3 is 20.4 Å². The van der Waals surface area contributed by atoms with Gasteiger partial charge >= 0.3 is 11.9 Å². The summed E-state index contributed by atoms with van der Waals surface area (Å²) >= 11 is 11.2. The fourth-order valence-electron chi connectivity index (χ4n) is 2.30. The Hall–Kier alpha value is -2.13. The molecule has 0 aliphatic rings. The Kier molecular flexibility index (Phi) is 9.23. The lowest BCUT2D eigenvalue weighted by atomic mass is 10.1. The Morgan fingerprint density at radius 1 is 1.07 bits per heavy atom. The SMILES string of the molecule is O=C(O)CC[C@H](NC(=O)c1cc(F)c(N(CCCl)CCCl)c(F)c1)C(=O)O. The summed E-state index contributed by atoms with van der Waals surface area (Å²) in [6, 6.07) is 0.0157. The van der Waals surface area contributed by atoms with E-state index in [4.69, 9.17) is 33.4 Å². The first-order valence-electron chi connectivity index (χ1n) is 7.82. The van der Waals surface area contributed by atoms with Crippen molar-refractivity contribution in [3.05, 3.63) is 29.3 Å². The maximum Gasteiger partial charge on any atom is 0.326 e. The minimum Gasteiger partial charge on any atom is -0.481 e. The number of carboxylic acid groups (broad SMARTS) is 2. The zero-order valence-electron chi connectivity index (χ0n) is 14.1. The highest BCUT2D eigenvalue weighted by molar-refractivity contribution is 6.18. The van der Waals surface area contributed by atoms with Crippen LogP contribution in [0.3, 0.4) is 0 Å². The van der Waals surface area contributed by atoms with Crippen molar-refractivity contribution in [1.82, 2.24) is 5.32 Å². The Labute approximate surface area is 163 Å². The lowest BCUT2D eigenvalue weighted by molar-refractivity contribution is -0.140. The highest BCUT2D eigenvalue weighted by atomic mass is 35.5. The van der Waals surface area contributed by atoms with Crippen molar-refractivity contribution in [3.63, 3.8) is 0 Å². The summed E-state index contributed by atoms with van der Waals surface area (Å²) in [6.45, 7) is 0.258. The van der Waals surface area contributed by atoms with Gasteiger partial charge in [0.2, 0.25) is 0 Å². The van der Waals surface area contributed by atoms with Crippen LogP contribution in [0, 0.1) is 11.6 Å². The van der Waals surface area contributed by atoms with Gasteiger partial charge in [-0.1, -0.05) is 0 Å². The van der Waals surface area contributed by atoms with Crippen LogP contribution in [0.5, 0.6) is 0 Å². The quantitative estimate of drug-likeness (QED) is 0.468. The van der Waals surface area contributed by atoms with E-state index in [2.05, 4.69) is 5.32 Å². The van der Waals surface area contributed by atoms with Crippen molar-refractivity contribution in [2.75, 3.05) is 29.7 Å². The molecular weight excluding hydrogens is 409 g/mol. The normalized spacial score (nSPS) is 11.7.